The fourth-order valence-electron chi connectivity index (χ4n) is 2.90. The molecule has 3 amide bonds. The lowest BCUT2D eigenvalue weighted by molar-refractivity contribution is -0.132. The Hall–Kier alpha value is -2.88. The minimum atomic E-state index is -0.375. The van der Waals surface area contributed by atoms with Gasteiger partial charge in [-0.3, -0.25) is 14.4 Å². The van der Waals surface area contributed by atoms with Crippen molar-refractivity contribution >= 4 is 23.4 Å². The maximum atomic E-state index is 12.4. The summed E-state index contributed by atoms with van der Waals surface area (Å²) in [6.45, 7) is 6.60. The van der Waals surface area contributed by atoms with E-state index in [0.29, 0.717) is 18.8 Å². The van der Waals surface area contributed by atoms with Gasteiger partial charge in [0.15, 0.2) is 0 Å². The first-order chi connectivity index (χ1) is 12.2. The van der Waals surface area contributed by atoms with Gasteiger partial charge in [-0.05, 0) is 38.5 Å². The van der Waals surface area contributed by atoms with E-state index in [9.17, 15) is 14.4 Å². The zero-order chi connectivity index (χ0) is 19.3. The summed E-state index contributed by atoms with van der Waals surface area (Å²) in [6, 6.07) is 8.86. The smallest absolute Gasteiger partial charge is 0.238 e. The largest absolute Gasteiger partial charge is 0.352 e. The average Bonchev–Trinajstić information content (AvgIpc) is 2.95. The summed E-state index contributed by atoms with van der Waals surface area (Å²) in [7, 11) is 0. The molecule has 7 heteroatoms. The summed E-state index contributed by atoms with van der Waals surface area (Å²) in [6.07, 6.45) is 0.0221. The van der Waals surface area contributed by atoms with Gasteiger partial charge in [0, 0.05) is 30.7 Å². The second-order valence-electron chi connectivity index (χ2n) is 7.38. The maximum Gasteiger partial charge on any atom is 0.238 e. The van der Waals surface area contributed by atoms with E-state index in [4.69, 9.17) is 5.26 Å². The summed E-state index contributed by atoms with van der Waals surface area (Å²) < 4.78 is 0. The van der Waals surface area contributed by atoms with Crippen molar-refractivity contribution in [3.63, 3.8) is 0 Å². The molecule has 26 heavy (non-hydrogen) atoms. The van der Waals surface area contributed by atoms with Crippen molar-refractivity contribution in [2.45, 2.75) is 45.7 Å². The third-order valence-electron chi connectivity index (χ3n) is 4.22. The lowest BCUT2D eigenvalue weighted by atomic mass is 10.1. The zero-order valence-corrected chi connectivity index (χ0v) is 15.3. The molecule has 0 aliphatic carbocycles. The van der Waals surface area contributed by atoms with Gasteiger partial charge in [0.1, 0.15) is 6.42 Å². The topological polar surface area (TPSA) is 102 Å². The van der Waals surface area contributed by atoms with Crippen LogP contribution in [0.2, 0.25) is 0 Å². The molecule has 0 saturated carbocycles. The van der Waals surface area contributed by atoms with Gasteiger partial charge in [-0.2, -0.15) is 5.26 Å². The molecular formula is C19H24N4O3. The molecule has 1 atom stereocenters. The Labute approximate surface area is 153 Å². The van der Waals surface area contributed by atoms with Crippen LogP contribution >= 0.6 is 0 Å². The lowest BCUT2D eigenvalue weighted by Crippen LogP contribution is -2.43. The van der Waals surface area contributed by atoms with Crippen molar-refractivity contribution in [3.05, 3.63) is 29.8 Å². The molecule has 0 bridgehead atoms. The van der Waals surface area contributed by atoms with Crippen LogP contribution in [0.15, 0.2) is 24.3 Å². The number of amides is 3. The van der Waals surface area contributed by atoms with Crippen molar-refractivity contribution in [2.75, 3.05) is 11.9 Å². The highest BCUT2D eigenvalue weighted by atomic mass is 16.2. The number of nitrogens with zero attached hydrogens (tertiary/aromatic N) is 2. The van der Waals surface area contributed by atoms with E-state index in [-0.39, 0.29) is 42.0 Å². The highest BCUT2D eigenvalue weighted by Gasteiger charge is 2.39. The summed E-state index contributed by atoms with van der Waals surface area (Å²) in [4.78, 5) is 37.7. The normalized spacial score (nSPS) is 16.9. The van der Waals surface area contributed by atoms with Crippen LogP contribution in [0.25, 0.3) is 0 Å². The standard InChI is InChI=1S/C19H24N4O3/c1-19(2,3)23-12-14(10-17(23)25)18(26)21-11-13-5-4-6-15(9-13)22-16(24)7-8-20/h4-6,9,14H,7,10-12H2,1-3H3,(H,21,26)(H,22,24). The Morgan fingerprint density at radius 1 is 1.35 bits per heavy atom. The monoisotopic (exact) mass is 356 g/mol. The zero-order valence-electron chi connectivity index (χ0n) is 15.3. The number of carbonyl (C=O) groups excluding carboxylic acids is 3. The Balaban J connectivity index is 1.91. The van der Waals surface area contributed by atoms with Gasteiger partial charge in [0.2, 0.25) is 17.7 Å². The van der Waals surface area contributed by atoms with E-state index in [1.54, 1.807) is 29.2 Å². The molecule has 0 radical (unpaired) electrons. The van der Waals surface area contributed by atoms with Crippen LogP contribution in [0.4, 0.5) is 5.69 Å². The molecule has 1 heterocycles. The van der Waals surface area contributed by atoms with E-state index in [2.05, 4.69) is 10.6 Å². The summed E-state index contributed by atoms with van der Waals surface area (Å²) in [5.74, 6) is -0.871. The number of carbonyl (C=O) groups is 3. The quantitative estimate of drug-likeness (QED) is 0.840. The summed E-state index contributed by atoms with van der Waals surface area (Å²) >= 11 is 0. The molecule has 1 fully saturated rings. The number of hydrogen-bond acceptors (Lipinski definition) is 4. The van der Waals surface area contributed by atoms with Crippen LogP contribution in [0, 0.1) is 17.2 Å². The molecule has 1 aliphatic heterocycles. The molecule has 1 aromatic rings. The predicted octanol–water partition coefficient (Wildman–Crippen LogP) is 1.80. The molecule has 0 aromatic heterocycles. The fourth-order valence-corrected chi connectivity index (χ4v) is 2.90. The van der Waals surface area contributed by atoms with E-state index >= 15 is 0 Å². The van der Waals surface area contributed by atoms with Crippen LogP contribution in [0.1, 0.15) is 39.2 Å². The number of benzene rings is 1. The number of nitriles is 1. The molecule has 1 saturated heterocycles. The lowest BCUT2D eigenvalue weighted by Gasteiger charge is -2.31. The predicted molar refractivity (Wildman–Crippen MR) is 96.7 cm³/mol. The van der Waals surface area contributed by atoms with Gasteiger partial charge in [-0.15, -0.1) is 0 Å². The first kappa shape index (κ1) is 19.4. The van der Waals surface area contributed by atoms with Gasteiger partial charge in [0.25, 0.3) is 0 Å². The Bertz CT molecular complexity index is 746. The van der Waals surface area contributed by atoms with E-state index < -0.39 is 0 Å². The number of nitrogens with one attached hydrogen (secondary N) is 2. The van der Waals surface area contributed by atoms with Crippen LogP contribution in [-0.2, 0) is 20.9 Å². The van der Waals surface area contributed by atoms with Crippen molar-refractivity contribution < 1.29 is 14.4 Å². The van der Waals surface area contributed by atoms with E-state index in [1.165, 1.54) is 0 Å². The second-order valence-corrected chi connectivity index (χ2v) is 7.38. The van der Waals surface area contributed by atoms with Crippen LogP contribution < -0.4 is 10.6 Å². The molecule has 138 valence electrons. The first-order valence-corrected chi connectivity index (χ1v) is 8.54. The second kappa shape index (κ2) is 8.00. The maximum absolute atomic E-state index is 12.4. The molecule has 2 rings (SSSR count). The van der Waals surface area contributed by atoms with E-state index in [1.807, 2.05) is 26.8 Å². The SMILES string of the molecule is CC(C)(C)N1CC(C(=O)NCc2cccc(NC(=O)CC#N)c2)CC1=O. The molecule has 1 aliphatic rings. The van der Waals surface area contributed by atoms with Crippen molar-refractivity contribution in [2.24, 2.45) is 5.92 Å². The minimum absolute atomic E-state index is 0.000137. The van der Waals surface area contributed by atoms with Crippen LogP contribution in [-0.4, -0.2) is 34.7 Å². The van der Waals surface area contributed by atoms with Crippen molar-refractivity contribution in [1.82, 2.24) is 10.2 Å². The number of hydrogen-bond donors (Lipinski definition) is 2. The van der Waals surface area contributed by atoms with Crippen molar-refractivity contribution in [1.29, 1.82) is 5.26 Å². The summed E-state index contributed by atoms with van der Waals surface area (Å²) in [5.41, 5.74) is 1.11. The molecule has 1 aromatic carbocycles. The minimum Gasteiger partial charge on any atom is -0.352 e. The van der Waals surface area contributed by atoms with E-state index in [0.717, 1.165) is 5.56 Å². The highest BCUT2D eigenvalue weighted by molar-refractivity contribution is 5.92. The van der Waals surface area contributed by atoms with Crippen molar-refractivity contribution in [3.8, 4) is 6.07 Å². The first-order valence-electron chi connectivity index (χ1n) is 8.54. The number of likely N-dealkylation sites (tertiary alicyclic amines) is 1. The third kappa shape index (κ3) is 5.06. The Kier molecular flexibility index (Phi) is 5.98. The molecule has 1 unspecified atom stereocenters. The van der Waals surface area contributed by atoms with Gasteiger partial charge in [0.05, 0.1) is 12.0 Å². The average molecular weight is 356 g/mol. The third-order valence-corrected chi connectivity index (χ3v) is 4.22. The van der Waals surface area contributed by atoms with Gasteiger partial charge < -0.3 is 15.5 Å². The fraction of sp³-hybridized carbons (Fsp3) is 0.474. The summed E-state index contributed by atoms with van der Waals surface area (Å²) in [5, 5.41) is 14.0. The molecule has 7 nitrogen and oxygen atoms in total. The van der Waals surface area contributed by atoms with Crippen LogP contribution in [0.5, 0.6) is 0 Å². The van der Waals surface area contributed by atoms with Gasteiger partial charge in [-0.1, -0.05) is 12.1 Å². The van der Waals surface area contributed by atoms with Gasteiger partial charge >= 0.3 is 0 Å². The Morgan fingerprint density at radius 3 is 2.69 bits per heavy atom. The molecule has 2 N–H and O–H groups in total. The molecule has 0 spiro atoms. The van der Waals surface area contributed by atoms with Gasteiger partial charge in [-0.25, -0.2) is 0 Å². The number of anilines is 1. The Morgan fingerprint density at radius 2 is 2.08 bits per heavy atom. The number of rotatable bonds is 5. The molecular weight excluding hydrogens is 332 g/mol. The van der Waals surface area contributed by atoms with Crippen LogP contribution in [0.3, 0.4) is 0 Å². The highest BCUT2D eigenvalue weighted by Crippen LogP contribution is 2.25.